The second-order valence-corrected chi connectivity index (χ2v) is 9.38. The fourth-order valence-electron chi connectivity index (χ4n) is 3.33. The van der Waals surface area contributed by atoms with E-state index in [0.29, 0.717) is 32.2 Å². The maximum atomic E-state index is 13.0. The van der Waals surface area contributed by atoms with Gasteiger partial charge in [0.1, 0.15) is 10.7 Å². The highest BCUT2D eigenvalue weighted by Gasteiger charge is 2.25. The van der Waals surface area contributed by atoms with E-state index in [0.717, 1.165) is 12.2 Å². The second-order valence-electron chi connectivity index (χ2n) is 6.38. The van der Waals surface area contributed by atoms with Gasteiger partial charge in [0, 0.05) is 10.6 Å². The Hall–Kier alpha value is -1.77. The van der Waals surface area contributed by atoms with E-state index in [-0.39, 0.29) is 17.5 Å². The van der Waals surface area contributed by atoms with Gasteiger partial charge in [0.05, 0.1) is 22.1 Å². The van der Waals surface area contributed by atoms with Crippen molar-refractivity contribution in [2.45, 2.75) is 30.0 Å². The third-order valence-corrected chi connectivity index (χ3v) is 7.47. The molecule has 1 amide bonds. The van der Waals surface area contributed by atoms with Crippen molar-refractivity contribution in [3.05, 3.63) is 56.4 Å². The molecular formula is C19H19N3O2S3. The van der Waals surface area contributed by atoms with Crippen molar-refractivity contribution in [2.75, 3.05) is 12.0 Å². The highest BCUT2D eigenvalue weighted by molar-refractivity contribution is 7.99. The van der Waals surface area contributed by atoms with E-state index in [1.54, 1.807) is 11.8 Å². The van der Waals surface area contributed by atoms with Crippen molar-refractivity contribution in [3.63, 3.8) is 0 Å². The van der Waals surface area contributed by atoms with Gasteiger partial charge in [0.15, 0.2) is 0 Å². The molecule has 0 unspecified atom stereocenters. The summed E-state index contributed by atoms with van der Waals surface area (Å²) in [6, 6.07) is 8.20. The first-order valence-corrected chi connectivity index (χ1v) is 11.8. The van der Waals surface area contributed by atoms with Crippen LogP contribution in [0.15, 0.2) is 34.0 Å². The van der Waals surface area contributed by atoms with Gasteiger partial charge in [-0.05, 0) is 36.8 Å². The molecule has 0 aliphatic carbocycles. The summed E-state index contributed by atoms with van der Waals surface area (Å²) < 4.78 is 0. The van der Waals surface area contributed by atoms with Crippen LogP contribution >= 0.6 is 34.9 Å². The first-order valence-electron chi connectivity index (χ1n) is 8.62. The van der Waals surface area contributed by atoms with Crippen LogP contribution in [-0.4, -0.2) is 27.9 Å². The van der Waals surface area contributed by atoms with Crippen LogP contribution in [-0.2, 0) is 5.75 Å². The maximum absolute atomic E-state index is 13.0. The number of nitrogens with one attached hydrogen (secondary N) is 2. The Morgan fingerprint density at radius 2 is 2.22 bits per heavy atom. The standard InChI is InChI=1S/C19H19N3O2S3/c1-10-15-17(23)21-14(9-25-2)22-19(15)27-16(10)18(24)20-12-7-8-26-13-6-4-3-5-11(12)13/h3-6,12H,7-9H2,1-2H3,(H,20,24)(H,21,22,23)/t12-/m1/s1. The molecule has 1 aromatic carbocycles. The number of amides is 1. The molecule has 5 nitrogen and oxygen atoms in total. The number of rotatable bonds is 4. The quantitative estimate of drug-likeness (QED) is 0.668. The number of fused-ring (bicyclic) bond motifs is 2. The number of hydrogen-bond donors (Lipinski definition) is 2. The summed E-state index contributed by atoms with van der Waals surface area (Å²) in [5.41, 5.74) is 1.70. The molecule has 0 radical (unpaired) electrons. The summed E-state index contributed by atoms with van der Waals surface area (Å²) in [4.78, 5) is 35.2. The minimum atomic E-state index is -0.170. The maximum Gasteiger partial charge on any atom is 0.262 e. The average Bonchev–Trinajstić information content (AvgIpc) is 2.99. The zero-order valence-electron chi connectivity index (χ0n) is 15.0. The Labute approximate surface area is 169 Å². The van der Waals surface area contributed by atoms with Gasteiger partial charge in [-0.1, -0.05) is 18.2 Å². The van der Waals surface area contributed by atoms with E-state index in [2.05, 4.69) is 27.4 Å². The molecule has 0 bridgehead atoms. The second kappa shape index (κ2) is 7.69. The fraction of sp³-hybridized carbons (Fsp3) is 0.316. The molecule has 3 heterocycles. The number of benzene rings is 1. The number of carbonyl (C=O) groups excluding carboxylic acids is 1. The number of H-pyrrole nitrogens is 1. The average molecular weight is 418 g/mol. The van der Waals surface area contributed by atoms with Crippen molar-refractivity contribution in [1.29, 1.82) is 0 Å². The molecule has 4 rings (SSSR count). The molecular weight excluding hydrogens is 398 g/mol. The lowest BCUT2D eigenvalue weighted by Crippen LogP contribution is -2.30. The normalized spacial score (nSPS) is 16.3. The Morgan fingerprint density at radius 3 is 3.04 bits per heavy atom. The van der Waals surface area contributed by atoms with Crippen LogP contribution < -0.4 is 10.9 Å². The molecule has 1 aliphatic heterocycles. The van der Waals surface area contributed by atoms with Gasteiger partial charge >= 0.3 is 0 Å². The number of carbonyl (C=O) groups is 1. The topological polar surface area (TPSA) is 74.8 Å². The van der Waals surface area contributed by atoms with Gasteiger partial charge in [-0.15, -0.1) is 23.1 Å². The summed E-state index contributed by atoms with van der Waals surface area (Å²) in [7, 11) is 0. The summed E-state index contributed by atoms with van der Waals surface area (Å²) in [6.45, 7) is 1.82. The number of thiophene rings is 1. The molecule has 140 valence electrons. The molecule has 2 aromatic heterocycles. The lowest BCUT2D eigenvalue weighted by Gasteiger charge is -2.25. The predicted molar refractivity (Wildman–Crippen MR) is 114 cm³/mol. The molecule has 0 saturated carbocycles. The number of hydrogen-bond acceptors (Lipinski definition) is 6. The SMILES string of the molecule is CSCc1nc2sc(C(=O)N[C@@H]3CCSc4ccccc43)c(C)c2c(=O)[nH]1. The number of thioether (sulfide) groups is 2. The van der Waals surface area contributed by atoms with Crippen molar-refractivity contribution >= 4 is 51.0 Å². The van der Waals surface area contributed by atoms with E-state index in [1.807, 2.05) is 37.1 Å². The molecule has 0 saturated heterocycles. The lowest BCUT2D eigenvalue weighted by molar-refractivity contribution is 0.0938. The first kappa shape index (κ1) is 18.6. The number of nitrogens with zero attached hydrogens (tertiary/aromatic N) is 1. The minimum Gasteiger partial charge on any atom is -0.344 e. The van der Waals surface area contributed by atoms with Crippen molar-refractivity contribution < 1.29 is 4.79 Å². The molecule has 27 heavy (non-hydrogen) atoms. The number of aryl methyl sites for hydroxylation is 1. The Balaban J connectivity index is 1.67. The molecule has 0 spiro atoms. The van der Waals surface area contributed by atoms with E-state index in [4.69, 9.17) is 0 Å². The van der Waals surface area contributed by atoms with Crippen LogP contribution in [0.5, 0.6) is 0 Å². The zero-order chi connectivity index (χ0) is 19.0. The van der Waals surface area contributed by atoms with Gasteiger partial charge in [-0.3, -0.25) is 9.59 Å². The summed E-state index contributed by atoms with van der Waals surface area (Å²) in [6.07, 6.45) is 2.86. The van der Waals surface area contributed by atoms with Crippen LogP contribution in [0.2, 0.25) is 0 Å². The summed E-state index contributed by atoms with van der Waals surface area (Å²) in [5.74, 6) is 2.13. The number of aromatic amines is 1. The minimum absolute atomic E-state index is 0.00198. The highest BCUT2D eigenvalue weighted by Crippen LogP contribution is 2.36. The van der Waals surface area contributed by atoms with Crippen molar-refractivity contribution in [2.24, 2.45) is 0 Å². The van der Waals surface area contributed by atoms with E-state index >= 15 is 0 Å². The predicted octanol–water partition coefficient (Wildman–Crippen LogP) is 4.12. The molecule has 1 atom stereocenters. The molecule has 8 heteroatoms. The fourth-order valence-corrected chi connectivity index (χ4v) is 5.97. The van der Waals surface area contributed by atoms with Gasteiger partial charge < -0.3 is 10.3 Å². The smallest absolute Gasteiger partial charge is 0.262 e. The molecule has 3 aromatic rings. The van der Waals surface area contributed by atoms with E-state index < -0.39 is 0 Å². The van der Waals surface area contributed by atoms with E-state index in [1.165, 1.54) is 21.8 Å². The third kappa shape index (κ3) is 3.53. The van der Waals surface area contributed by atoms with Gasteiger partial charge in [0.25, 0.3) is 11.5 Å². The Bertz CT molecular complexity index is 1070. The van der Waals surface area contributed by atoms with Crippen LogP contribution in [0.1, 0.15) is 39.1 Å². The largest absolute Gasteiger partial charge is 0.344 e. The first-order chi connectivity index (χ1) is 13.1. The Kier molecular flexibility index (Phi) is 5.29. The number of aromatic nitrogens is 2. The lowest BCUT2D eigenvalue weighted by atomic mass is 10.0. The molecule has 1 aliphatic rings. The van der Waals surface area contributed by atoms with Gasteiger partial charge in [-0.25, -0.2) is 4.98 Å². The van der Waals surface area contributed by atoms with Crippen LogP contribution in [0.4, 0.5) is 0 Å². The highest BCUT2D eigenvalue weighted by atomic mass is 32.2. The Morgan fingerprint density at radius 1 is 1.41 bits per heavy atom. The van der Waals surface area contributed by atoms with Crippen molar-refractivity contribution in [1.82, 2.24) is 15.3 Å². The summed E-state index contributed by atoms with van der Waals surface area (Å²) >= 11 is 4.72. The summed E-state index contributed by atoms with van der Waals surface area (Å²) in [5, 5.41) is 3.69. The van der Waals surface area contributed by atoms with Crippen LogP contribution in [0.3, 0.4) is 0 Å². The zero-order valence-corrected chi connectivity index (χ0v) is 17.4. The van der Waals surface area contributed by atoms with E-state index in [9.17, 15) is 9.59 Å². The molecule has 0 fully saturated rings. The van der Waals surface area contributed by atoms with Crippen LogP contribution in [0, 0.1) is 6.92 Å². The van der Waals surface area contributed by atoms with Gasteiger partial charge in [-0.2, -0.15) is 11.8 Å². The van der Waals surface area contributed by atoms with Crippen molar-refractivity contribution in [3.8, 4) is 0 Å². The molecule has 2 N–H and O–H groups in total. The van der Waals surface area contributed by atoms with Gasteiger partial charge in [0.2, 0.25) is 0 Å². The third-order valence-electron chi connectivity index (χ3n) is 4.60. The van der Waals surface area contributed by atoms with Crippen LogP contribution in [0.25, 0.3) is 10.2 Å². The monoisotopic (exact) mass is 417 g/mol.